The minimum absolute atomic E-state index is 0.0336. The molecule has 4 heterocycles. The number of rotatable bonds is 7. The van der Waals surface area contributed by atoms with E-state index in [0.29, 0.717) is 26.1 Å². The quantitative estimate of drug-likeness (QED) is 0.490. The second-order valence-corrected chi connectivity index (χ2v) is 9.95. The zero-order valence-electron chi connectivity index (χ0n) is 21.2. The lowest BCUT2D eigenvalue weighted by molar-refractivity contribution is -0.131. The fourth-order valence-electron chi connectivity index (χ4n) is 5.52. The van der Waals surface area contributed by atoms with Crippen molar-refractivity contribution in [3.63, 3.8) is 0 Å². The molecule has 194 valence electrons. The van der Waals surface area contributed by atoms with E-state index in [1.54, 1.807) is 26.6 Å². The number of benzene rings is 1. The van der Waals surface area contributed by atoms with E-state index in [1.165, 1.54) is 13.0 Å². The van der Waals surface area contributed by atoms with Crippen LogP contribution in [0.3, 0.4) is 0 Å². The van der Waals surface area contributed by atoms with Gasteiger partial charge in [0, 0.05) is 68.6 Å². The van der Waals surface area contributed by atoms with Crippen LogP contribution in [0, 0.1) is 0 Å². The Hall–Kier alpha value is -3.95. The molecule has 10 nitrogen and oxygen atoms in total. The lowest BCUT2D eigenvalue weighted by Gasteiger charge is -2.32. The highest BCUT2D eigenvalue weighted by atomic mass is 16.2. The number of pyridine rings is 1. The zero-order valence-corrected chi connectivity index (χ0v) is 21.2. The number of hydrogen-bond donors (Lipinski definition) is 1. The van der Waals surface area contributed by atoms with Crippen molar-refractivity contribution in [2.24, 2.45) is 0 Å². The molecular weight excluding hydrogens is 472 g/mol. The van der Waals surface area contributed by atoms with Crippen LogP contribution in [0.4, 0.5) is 5.69 Å². The molecule has 0 bridgehead atoms. The van der Waals surface area contributed by atoms with Crippen molar-refractivity contribution in [2.45, 2.75) is 64.7 Å². The second kappa shape index (κ2) is 10.2. The molecule has 0 unspecified atom stereocenters. The van der Waals surface area contributed by atoms with Crippen molar-refractivity contribution in [3.05, 3.63) is 58.3 Å². The number of likely N-dealkylation sites (tertiary alicyclic amines) is 1. The van der Waals surface area contributed by atoms with Gasteiger partial charge >= 0.3 is 0 Å². The molecule has 5 rings (SSSR count). The van der Waals surface area contributed by atoms with Crippen LogP contribution in [0.2, 0.25) is 0 Å². The molecule has 2 aliphatic heterocycles. The van der Waals surface area contributed by atoms with Gasteiger partial charge < -0.3 is 24.3 Å². The van der Waals surface area contributed by atoms with E-state index in [9.17, 15) is 19.2 Å². The van der Waals surface area contributed by atoms with Crippen LogP contribution in [0.5, 0.6) is 0 Å². The summed E-state index contributed by atoms with van der Waals surface area (Å²) in [7, 11) is 0. The number of carbonyl (C=O) groups is 3. The average Bonchev–Trinajstić information content (AvgIpc) is 3.47. The SMILES string of the molecule is CC(=O)N[C@H]1CCN(C(=O)Cn2c(CCn3ccccc3=O)nc3c4c(ccc32)N(C=O)[C@@H](C)CC4)C1. The molecule has 3 amide bonds. The van der Waals surface area contributed by atoms with Crippen LogP contribution < -0.4 is 15.8 Å². The van der Waals surface area contributed by atoms with E-state index in [4.69, 9.17) is 4.98 Å². The van der Waals surface area contributed by atoms with E-state index in [0.717, 1.165) is 53.8 Å². The first kappa shape index (κ1) is 24.7. The van der Waals surface area contributed by atoms with Crippen molar-refractivity contribution in [3.8, 4) is 0 Å². The summed E-state index contributed by atoms with van der Waals surface area (Å²) in [6.45, 7) is 5.15. The Kier molecular flexibility index (Phi) is 6.82. The highest BCUT2D eigenvalue weighted by Crippen LogP contribution is 2.35. The Bertz CT molecular complexity index is 1410. The largest absolute Gasteiger partial charge is 0.352 e. The van der Waals surface area contributed by atoms with Crippen LogP contribution in [-0.2, 0) is 40.3 Å². The number of carbonyl (C=O) groups excluding carboxylic acids is 3. The van der Waals surface area contributed by atoms with Gasteiger partial charge in [0.05, 0.1) is 11.0 Å². The highest BCUT2D eigenvalue weighted by Gasteiger charge is 2.29. The van der Waals surface area contributed by atoms with Crippen molar-refractivity contribution in [2.75, 3.05) is 18.0 Å². The first-order chi connectivity index (χ1) is 17.9. The van der Waals surface area contributed by atoms with Crippen molar-refractivity contribution in [1.82, 2.24) is 24.3 Å². The van der Waals surface area contributed by atoms with Crippen LogP contribution in [0.25, 0.3) is 11.0 Å². The molecule has 37 heavy (non-hydrogen) atoms. The summed E-state index contributed by atoms with van der Waals surface area (Å²) >= 11 is 0. The van der Waals surface area contributed by atoms with Gasteiger partial charge in [0.15, 0.2) is 0 Å². The number of aryl methyl sites for hydroxylation is 3. The number of hydrogen-bond acceptors (Lipinski definition) is 5. The number of aromatic nitrogens is 3. The molecule has 1 N–H and O–H groups in total. The molecule has 0 radical (unpaired) electrons. The molecule has 2 aromatic heterocycles. The van der Waals surface area contributed by atoms with Gasteiger partial charge in [-0.15, -0.1) is 0 Å². The van der Waals surface area contributed by atoms with Gasteiger partial charge in [0.25, 0.3) is 5.56 Å². The molecule has 1 fully saturated rings. The number of nitrogens with zero attached hydrogens (tertiary/aromatic N) is 5. The third kappa shape index (κ3) is 4.87. The number of amides is 3. The first-order valence-electron chi connectivity index (χ1n) is 12.8. The van der Waals surface area contributed by atoms with Crippen molar-refractivity contribution < 1.29 is 14.4 Å². The fourth-order valence-corrected chi connectivity index (χ4v) is 5.52. The van der Waals surface area contributed by atoms with Crippen LogP contribution in [-0.4, -0.2) is 62.4 Å². The topological polar surface area (TPSA) is 110 Å². The number of anilines is 1. The van der Waals surface area contributed by atoms with Gasteiger partial charge in [-0.3, -0.25) is 19.2 Å². The van der Waals surface area contributed by atoms with Gasteiger partial charge in [0.1, 0.15) is 12.4 Å². The van der Waals surface area contributed by atoms with Gasteiger partial charge in [-0.2, -0.15) is 0 Å². The maximum Gasteiger partial charge on any atom is 0.250 e. The van der Waals surface area contributed by atoms with Crippen LogP contribution in [0.15, 0.2) is 41.3 Å². The number of fused-ring (bicyclic) bond motifs is 3. The maximum absolute atomic E-state index is 13.4. The molecule has 0 spiro atoms. The lowest BCUT2D eigenvalue weighted by atomic mass is 9.96. The maximum atomic E-state index is 13.4. The molecule has 1 aromatic carbocycles. The Morgan fingerprint density at radius 2 is 2.03 bits per heavy atom. The Morgan fingerprint density at radius 3 is 2.78 bits per heavy atom. The number of nitrogens with one attached hydrogen (secondary N) is 1. The minimum atomic E-state index is -0.0956. The van der Waals surface area contributed by atoms with Crippen LogP contribution in [0.1, 0.15) is 38.1 Å². The van der Waals surface area contributed by atoms with Gasteiger partial charge in [-0.25, -0.2) is 4.98 Å². The standard InChI is InChI=1S/C27H32N6O4/c1-18-6-7-21-22(33(18)17-34)8-9-23-27(21)29-24(11-14-30-12-4-3-5-25(30)36)32(23)16-26(37)31-13-10-20(15-31)28-19(2)35/h3-5,8-9,12,17-18,20H,6-7,10-11,13-16H2,1-2H3,(H,28,35)/t18-,20-/m0/s1. The average molecular weight is 505 g/mol. The van der Waals surface area contributed by atoms with E-state index in [1.807, 2.05) is 29.7 Å². The summed E-state index contributed by atoms with van der Waals surface area (Å²) in [5.41, 5.74) is 3.44. The third-order valence-electron chi connectivity index (χ3n) is 7.48. The molecule has 0 saturated carbocycles. The zero-order chi connectivity index (χ0) is 26.1. The molecule has 10 heteroatoms. The van der Waals surface area contributed by atoms with E-state index in [2.05, 4.69) is 5.32 Å². The lowest BCUT2D eigenvalue weighted by Crippen LogP contribution is -2.38. The van der Waals surface area contributed by atoms with E-state index >= 15 is 0 Å². The van der Waals surface area contributed by atoms with Crippen molar-refractivity contribution >= 4 is 34.9 Å². The molecule has 1 saturated heterocycles. The summed E-state index contributed by atoms with van der Waals surface area (Å²) in [6.07, 6.45) is 5.46. The summed E-state index contributed by atoms with van der Waals surface area (Å²) in [5.74, 6) is 0.592. The molecule has 3 aromatic rings. The monoisotopic (exact) mass is 504 g/mol. The Morgan fingerprint density at radius 1 is 1.19 bits per heavy atom. The third-order valence-corrected chi connectivity index (χ3v) is 7.48. The minimum Gasteiger partial charge on any atom is -0.352 e. The second-order valence-electron chi connectivity index (χ2n) is 9.95. The summed E-state index contributed by atoms with van der Waals surface area (Å²) in [5, 5.41) is 2.90. The molecule has 2 atom stereocenters. The molecular formula is C27H32N6O4. The number of imidazole rings is 1. The Labute approximate surface area is 214 Å². The fraction of sp³-hybridized carbons (Fsp3) is 0.444. The van der Waals surface area contributed by atoms with Crippen molar-refractivity contribution in [1.29, 1.82) is 0 Å². The summed E-state index contributed by atoms with van der Waals surface area (Å²) in [4.78, 5) is 57.4. The first-order valence-corrected chi connectivity index (χ1v) is 12.8. The molecule has 0 aliphatic carbocycles. The highest BCUT2D eigenvalue weighted by molar-refractivity contribution is 5.91. The van der Waals surface area contributed by atoms with Crippen LogP contribution >= 0.6 is 0 Å². The van der Waals surface area contributed by atoms with Gasteiger partial charge in [-0.1, -0.05) is 6.07 Å². The van der Waals surface area contributed by atoms with Gasteiger partial charge in [-0.05, 0) is 44.4 Å². The predicted molar refractivity (Wildman–Crippen MR) is 139 cm³/mol. The summed E-state index contributed by atoms with van der Waals surface area (Å²) in [6, 6.07) is 9.01. The normalized spacial score (nSPS) is 19.2. The van der Waals surface area contributed by atoms with E-state index < -0.39 is 0 Å². The molecule has 2 aliphatic rings. The van der Waals surface area contributed by atoms with E-state index in [-0.39, 0.29) is 36.0 Å². The van der Waals surface area contributed by atoms with Gasteiger partial charge in [0.2, 0.25) is 18.2 Å². The Balaban J connectivity index is 1.49. The summed E-state index contributed by atoms with van der Waals surface area (Å²) < 4.78 is 3.58. The predicted octanol–water partition coefficient (Wildman–Crippen LogP) is 1.48. The smallest absolute Gasteiger partial charge is 0.250 e.